The Balaban J connectivity index is 1.51. The average molecular weight is 516 g/mol. The van der Waals surface area contributed by atoms with E-state index in [0.717, 1.165) is 23.3 Å². The predicted molar refractivity (Wildman–Crippen MR) is 148 cm³/mol. The number of hydrogen-bond donors (Lipinski definition) is 1. The van der Waals surface area contributed by atoms with E-state index in [0.29, 0.717) is 17.7 Å². The Morgan fingerprint density at radius 1 is 1.05 bits per heavy atom. The maximum absolute atomic E-state index is 13.6. The van der Waals surface area contributed by atoms with Crippen LogP contribution in [0.15, 0.2) is 66.7 Å². The Morgan fingerprint density at radius 2 is 1.76 bits per heavy atom. The number of nitrogens with zero attached hydrogens (tertiary/aromatic N) is 1. The number of fused-ring (bicyclic) bond motifs is 1. The Hall–Kier alpha value is -3.80. The maximum Gasteiger partial charge on any atom is 0.305 e. The minimum absolute atomic E-state index is 0.0993. The molecule has 1 N–H and O–H groups in total. The van der Waals surface area contributed by atoms with Gasteiger partial charge in [-0.05, 0) is 53.3 Å². The monoisotopic (exact) mass is 515 g/mol. The number of hydrogen-bond acceptors (Lipinski definition) is 4. The minimum atomic E-state index is -0.948. The largest absolute Gasteiger partial charge is 0.496 e. The molecule has 6 heteroatoms. The lowest BCUT2D eigenvalue weighted by atomic mass is 9.85. The Morgan fingerprint density at radius 3 is 2.42 bits per heavy atom. The van der Waals surface area contributed by atoms with Gasteiger partial charge in [0, 0.05) is 37.1 Å². The lowest BCUT2D eigenvalue weighted by Gasteiger charge is -2.25. The van der Waals surface area contributed by atoms with Gasteiger partial charge in [0.15, 0.2) is 0 Å². The van der Waals surface area contributed by atoms with Gasteiger partial charge in [-0.3, -0.25) is 9.59 Å². The number of carboxylic acid groups (broad SMARTS) is 1. The highest BCUT2D eigenvalue weighted by Crippen LogP contribution is 2.38. The van der Waals surface area contributed by atoms with Gasteiger partial charge in [0.2, 0.25) is 0 Å². The van der Waals surface area contributed by atoms with Gasteiger partial charge < -0.3 is 19.5 Å². The SMILES string of the molecule is COc1ccccc1CN(CCC(=O)O)C(=O)c1ccc2c(c1)C[C@](C)(Cc1ccc(C(C)(C)C)cc1)O2. The maximum atomic E-state index is 13.6. The molecule has 3 aromatic carbocycles. The van der Waals surface area contributed by atoms with Gasteiger partial charge in [-0.25, -0.2) is 0 Å². The Bertz CT molecular complexity index is 1310. The first-order valence-electron chi connectivity index (χ1n) is 13.0. The van der Waals surface area contributed by atoms with Crippen molar-refractivity contribution in [3.63, 3.8) is 0 Å². The molecule has 0 spiro atoms. The number of methoxy groups -OCH3 is 1. The summed E-state index contributed by atoms with van der Waals surface area (Å²) in [5.41, 5.74) is 4.53. The smallest absolute Gasteiger partial charge is 0.305 e. The van der Waals surface area contributed by atoms with Gasteiger partial charge in [0.05, 0.1) is 13.5 Å². The van der Waals surface area contributed by atoms with Crippen LogP contribution < -0.4 is 9.47 Å². The van der Waals surface area contributed by atoms with Gasteiger partial charge in [-0.1, -0.05) is 63.2 Å². The second-order valence-corrected chi connectivity index (χ2v) is 11.4. The summed E-state index contributed by atoms with van der Waals surface area (Å²) in [6.07, 6.45) is 1.31. The number of para-hydroxylation sites is 1. The van der Waals surface area contributed by atoms with Crippen molar-refractivity contribution in [1.82, 2.24) is 4.90 Å². The molecule has 3 aromatic rings. The molecule has 0 fully saturated rings. The second-order valence-electron chi connectivity index (χ2n) is 11.4. The van der Waals surface area contributed by atoms with Crippen LogP contribution in [0.1, 0.15) is 66.7 Å². The molecule has 1 aliphatic heterocycles. The highest BCUT2D eigenvalue weighted by atomic mass is 16.5. The van der Waals surface area contributed by atoms with E-state index in [2.05, 4.69) is 52.0 Å². The highest BCUT2D eigenvalue weighted by molar-refractivity contribution is 5.95. The molecule has 0 saturated carbocycles. The number of carboxylic acids is 1. The second kappa shape index (κ2) is 10.9. The van der Waals surface area contributed by atoms with E-state index in [1.54, 1.807) is 18.1 Å². The van der Waals surface area contributed by atoms with Crippen LogP contribution in [-0.2, 0) is 29.6 Å². The van der Waals surface area contributed by atoms with Crippen molar-refractivity contribution in [2.75, 3.05) is 13.7 Å². The number of carbonyl (C=O) groups excluding carboxylic acids is 1. The lowest BCUT2D eigenvalue weighted by Crippen LogP contribution is -2.33. The van der Waals surface area contributed by atoms with Crippen LogP contribution in [0.3, 0.4) is 0 Å². The summed E-state index contributed by atoms with van der Waals surface area (Å²) in [7, 11) is 1.58. The van der Waals surface area contributed by atoms with Crippen molar-refractivity contribution in [2.45, 2.75) is 64.5 Å². The molecular formula is C32H37NO5. The molecule has 1 atom stereocenters. The van der Waals surface area contributed by atoms with Gasteiger partial charge in [0.25, 0.3) is 5.91 Å². The summed E-state index contributed by atoms with van der Waals surface area (Å²) in [6.45, 7) is 9.08. The summed E-state index contributed by atoms with van der Waals surface area (Å²) in [6, 6.07) is 21.7. The van der Waals surface area contributed by atoms with Crippen LogP contribution in [0.2, 0.25) is 0 Å². The molecule has 0 unspecified atom stereocenters. The Labute approximate surface area is 225 Å². The molecule has 0 saturated heterocycles. The molecule has 200 valence electrons. The summed E-state index contributed by atoms with van der Waals surface area (Å²) >= 11 is 0. The summed E-state index contributed by atoms with van der Waals surface area (Å²) in [5.74, 6) is 0.286. The highest BCUT2D eigenvalue weighted by Gasteiger charge is 2.35. The Kier molecular flexibility index (Phi) is 7.81. The zero-order valence-electron chi connectivity index (χ0n) is 22.9. The van der Waals surface area contributed by atoms with Crippen molar-refractivity contribution in [2.24, 2.45) is 0 Å². The molecule has 0 aromatic heterocycles. The van der Waals surface area contributed by atoms with Crippen molar-refractivity contribution in [3.8, 4) is 11.5 Å². The molecule has 1 aliphatic rings. The van der Waals surface area contributed by atoms with Crippen LogP contribution in [0.4, 0.5) is 0 Å². The fraction of sp³-hybridized carbons (Fsp3) is 0.375. The van der Waals surface area contributed by atoms with Crippen LogP contribution in [-0.4, -0.2) is 41.1 Å². The third-order valence-corrected chi connectivity index (χ3v) is 7.06. The van der Waals surface area contributed by atoms with Crippen molar-refractivity contribution < 1.29 is 24.2 Å². The predicted octanol–water partition coefficient (Wildman–Crippen LogP) is 6.05. The summed E-state index contributed by atoms with van der Waals surface area (Å²) in [5, 5.41) is 9.26. The number of rotatable bonds is 9. The summed E-state index contributed by atoms with van der Waals surface area (Å²) in [4.78, 5) is 26.4. The number of aliphatic carboxylic acids is 1. The van der Waals surface area contributed by atoms with E-state index in [-0.39, 0.29) is 30.8 Å². The summed E-state index contributed by atoms with van der Waals surface area (Å²) < 4.78 is 11.8. The van der Waals surface area contributed by atoms with Crippen molar-refractivity contribution in [1.29, 1.82) is 0 Å². The molecule has 0 radical (unpaired) electrons. The molecule has 6 nitrogen and oxygen atoms in total. The first-order valence-corrected chi connectivity index (χ1v) is 13.0. The zero-order valence-corrected chi connectivity index (χ0v) is 22.9. The van der Waals surface area contributed by atoms with Crippen LogP contribution >= 0.6 is 0 Å². The van der Waals surface area contributed by atoms with E-state index in [9.17, 15) is 14.7 Å². The number of benzene rings is 3. The average Bonchev–Trinajstić information content (AvgIpc) is 3.20. The first kappa shape index (κ1) is 27.2. The van der Waals surface area contributed by atoms with E-state index in [1.165, 1.54) is 11.1 Å². The molecule has 1 heterocycles. The third-order valence-electron chi connectivity index (χ3n) is 7.06. The third kappa shape index (κ3) is 6.36. The van der Waals surface area contributed by atoms with Crippen LogP contribution in [0.25, 0.3) is 0 Å². The fourth-order valence-corrected chi connectivity index (χ4v) is 5.01. The normalized spacial score (nSPS) is 16.4. The van der Waals surface area contributed by atoms with Crippen LogP contribution in [0.5, 0.6) is 11.5 Å². The van der Waals surface area contributed by atoms with Crippen LogP contribution in [0, 0.1) is 0 Å². The molecule has 1 amide bonds. The molecule has 38 heavy (non-hydrogen) atoms. The van der Waals surface area contributed by atoms with Gasteiger partial charge >= 0.3 is 5.97 Å². The quantitative estimate of drug-likeness (QED) is 0.376. The van der Waals surface area contributed by atoms with Crippen molar-refractivity contribution >= 4 is 11.9 Å². The van der Waals surface area contributed by atoms with E-state index in [1.807, 2.05) is 36.4 Å². The van der Waals surface area contributed by atoms with Crippen molar-refractivity contribution in [3.05, 3.63) is 94.5 Å². The van der Waals surface area contributed by atoms with Gasteiger partial charge in [-0.2, -0.15) is 0 Å². The number of amides is 1. The fourth-order valence-electron chi connectivity index (χ4n) is 5.01. The lowest BCUT2D eigenvalue weighted by molar-refractivity contribution is -0.137. The topological polar surface area (TPSA) is 76.1 Å². The molecule has 0 aliphatic carbocycles. The van der Waals surface area contributed by atoms with Gasteiger partial charge in [-0.15, -0.1) is 0 Å². The standard InChI is InChI=1S/C32H37NO5/c1-31(2,3)26-13-10-22(11-14-26)19-32(4)20-25-18-23(12-15-28(25)38-32)30(36)33(17-16-29(34)35)21-24-8-6-7-9-27(24)37-5/h6-15,18H,16-17,19-21H2,1-5H3,(H,34,35)/t32-/m0/s1. The molecule has 4 rings (SSSR count). The number of carbonyl (C=O) groups is 2. The van der Waals surface area contributed by atoms with E-state index >= 15 is 0 Å². The van der Waals surface area contributed by atoms with Gasteiger partial charge in [0.1, 0.15) is 17.1 Å². The minimum Gasteiger partial charge on any atom is -0.496 e. The number of ether oxygens (including phenoxy) is 2. The zero-order chi connectivity index (χ0) is 27.5. The molecular weight excluding hydrogens is 478 g/mol. The van der Waals surface area contributed by atoms with E-state index in [4.69, 9.17) is 9.47 Å². The van der Waals surface area contributed by atoms with E-state index < -0.39 is 11.6 Å². The first-order chi connectivity index (χ1) is 18.0. The molecule has 0 bridgehead atoms.